The van der Waals surface area contributed by atoms with E-state index in [2.05, 4.69) is 19.2 Å². The highest BCUT2D eigenvalue weighted by atomic mass is 19.4. The van der Waals surface area contributed by atoms with Crippen molar-refractivity contribution in [3.8, 4) is 0 Å². The predicted octanol–water partition coefficient (Wildman–Crippen LogP) is 2.47. The quantitative estimate of drug-likeness (QED) is 0.793. The molecule has 0 radical (unpaired) electrons. The summed E-state index contributed by atoms with van der Waals surface area (Å²) in [6.07, 6.45) is -2.85. The Kier molecular flexibility index (Phi) is 4.23. The number of alkyl halides is 3. The normalized spacial score (nSPS) is 27.8. The first-order valence-electron chi connectivity index (χ1n) is 5.69. The molecule has 5 heteroatoms. The van der Waals surface area contributed by atoms with Crippen LogP contribution in [0.3, 0.4) is 0 Å². The Morgan fingerprint density at radius 1 is 1.44 bits per heavy atom. The summed E-state index contributed by atoms with van der Waals surface area (Å²) in [6.45, 7) is 3.85. The van der Waals surface area contributed by atoms with Crippen LogP contribution in [0.25, 0.3) is 0 Å². The van der Waals surface area contributed by atoms with Gasteiger partial charge in [-0.15, -0.1) is 0 Å². The predicted molar refractivity (Wildman–Crippen MR) is 56.1 cm³/mol. The second-order valence-electron chi connectivity index (χ2n) is 5.42. The van der Waals surface area contributed by atoms with Crippen LogP contribution in [0.1, 0.15) is 39.5 Å². The van der Waals surface area contributed by atoms with Gasteiger partial charge in [-0.1, -0.05) is 20.3 Å². The average Bonchev–Trinajstić information content (AvgIpc) is 2.11. The SMILES string of the molecule is CC1(C)CCCC(NCC(O)C(F)(F)F)C1. The van der Waals surface area contributed by atoms with Gasteiger partial charge in [0.15, 0.2) is 6.10 Å². The fraction of sp³-hybridized carbons (Fsp3) is 1.00. The van der Waals surface area contributed by atoms with E-state index in [1.807, 2.05) is 0 Å². The molecule has 2 nitrogen and oxygen atoms in total. The smallest absolute Gasteiger partial charge is 0.382 e. The highest BCUT2D eigenvalue weighted by Gasteiger charge is 2.38. The number of hydrogen-bond acceptors (Lipinski definition) is 2. The Bertz CT molecular complexity index is 228. The first kappa shape index (κ1) is 13.8. The van der Waals surface area contributed by atoms with E-state index in [9.17, 15) is 13.2 Å². The van der Waals surface area contributed by atoms with Crippen molar-refractivity contribution < 1.29 is 18.3 Å². The molecule has 0 amide bonds. The van der Waals surface area contributed by atoms with Crippen LogP contribution < -0.4 is 5.32 Å². The van der Waals surface area contributed by atoms with E-state index in [0.717, 1.165) is 25.7 Å². The highest BCUT2D eigenvalue weighted by molar-refractivity contribution is 4.84. The van der Waals surface area contributed by atoms with Gasteiger partial charge in [0.25, 0.3) is 0 Å². The zero-order valence-corrected chi connectivity index (χ0v) is 9.77. The molecule has 0 aromatic carbocycles. The van der Waals surface area contributed by atoms with Crippen LogP contribution in [0.15, 0.2) is 0 Å². The minimum Gasteiger partial charge on any atom is -0.382 e. The van der Waals surface area contributed by atoms with Crippen molar-refractivity contribution in [2.45, 2.75) is 57.9 Å². The van der Waals surface area contributed by atoms with Crippen LogP contribution in [-0.4, -0.2) is 30.0 Å². The summed E-state index contributed by atoms with van der Waals surface area (Å²) in [5.74, 6) is 0. The zero-order chi connectivity index (χ0) is 12.4. The van der Waals surface area contributed by atoms with E-state index in [-0.39, 0.29) is 11.5 Å². The van der Waals surface area contributed by atoms with E-state index in [4.69, 9.17) is 5.11 Å². The lowest BCUT2D eigenvalue weighted by molar-refractivity contribution is -0.202. The fourth-order valence-corrected chi connectivity index (χ4v) is 2.27. The van der Waals surface area contributed by atoms with Crippen molar-refractivity contribution in [1.29, 1.82) is 0 Å². The van der Waals surface area contributed by atoms with Crippen molar-refractivity contribution in [1.82, 2.24) is 5.32 Å². The summed E-state index contributed by atoms with van der Waals surface area (Å²) in [4.78, 5) is 0. The van der Waals surface area contributed by atoms with Gasteiger partial charge in [0.1, 0.15) is 0 Å². The van der Waals surface area contributed by atoms with E-state index in [1.165, 1.54) is 0 Å². The molecule has 0 bridgehead atoms. The minimum atomic E-state index is -4.52. The Morgan fingerprint density at radius 2 is 2.06 bits per heavy atom. The molecule has 1 saturated carbocycles. The zero-order valence-electron chi connectivity index (χ0n) is 9.77. The van der Waals surface area contributed by atoms with Crippen molar-refractivity contribution in [2.75, 3.05) is 6.54 Å². The monoisotopic (exact) mass is 239 g/mol. The van der Waals surface area contributed by atoms with Gasteiger partial charge in [-0.3, -0.25) is 0 Å². The second kappa shape index (κ2) is 4.92. The third-order valence-electron chi connectivity index (χ3n) is 3.18. The van der Waals surface area contributed by atoms with Gasteiger partial charge >= 0.3 is 6.18 Å². The summed E-state index contributed by atoms with van der Waals surface area (Å²) >= 11 is 0. The van der Waals surface area contributed by atoms with Gasteiger partial charge < -0.3 is 10.4 Å². The van der Waals surface area contributed by atoms with Gasteiger partial charge in [0, 0.05) is 12.6 Å². The molecule has 0 aromatic heterocycles. The maximum absolute atomic E-state index is 12.1. The van der Waals surface area contributed by atoms with Crippen LogP contribution in [0.2, 0.25) is 0 Å². The van der Waals surface area contributed by atoms with Gasteiger partial charge in [-0.25, -0.2) is 0 Å². The Morgan fingerprint density at radius 3 is 2.56 bits per heavy atom. The Labute approximate surface area is 94.2 Å². The first-order valence-corrected chi connectivity index (χ1v) is 5.69. The molecule has 1 aliphatic carbocycles. The van der Waals surface area contributed by atoms with Crippen molar-refractivity contribution in [3.63, 3.8) is 0 Å². The molecule has 1 rings (SSSR count). The summed E-state index contributed by atoms with van der Waals surface area (Å²) in [7, 11) is 0. The third kappa shape index (κ3) is 4.29. The fourth-order valence-electron chi connectivity index (χ4n) is 2.27. The summed E-state index contributed by atoms with van der Waals surface area (Å²) in [6, 6.07) is 0.0979. The Balaban J connectivity index is 2.33. The second-order valence-corrected chi connectivity index (χ2v) is 5.42. The molecule has 0 spiro atoms. The molecule has 2 atom stereocenters. The number of rotatable bonds is 3. The summed E-state index contributed by atoms with van der Waals surface area (Å²) in [5, 5.41) is 11.7. The highest BCUT2D eigenvalue weighted by Crippen LogP contribution is 2.35. The van der Waals surface area contributed by atoms with Gasteiger partial charge in [0.05, 0.1) is 0 Å². The molecule has 2 N–H and O–H groups in total. The van der Waals surface area contributed by atoms with Crippen molar-refractivity contribution >= 4 is 0 Å². The lowest BCUT2D eigenvalue weighted by atomic mass is 9.75. The number of aliphatic hydroxyl groups excluding tert-OH is 1. The summed E-state index contributed by atoms with van der Waals surface area (Å²) < 4.78 is 36.2. The topological polar surface area (TPSA) is 32.3 Å². The van der Waals surface area contributed by atoms with Crippen LogP contribution in [0, 0.1) is 5.41 Å². The van der Waals surface area contributed by atoms with Crippen LogP contribution in [-0.2, 0) is 0 Å². The molecule has 0 aliphatic heterocycles. The summed E-state index contributed by atoms with van der Waals surface area (Å²) in [5.41, 5.74) is 0.194. The molecular weight excluding hydrogens is 219 g/mol. The molecule has 1 aliphatic rings. The average molecular weight is 239 g/mol. The van der Waals surface area contributed by atoms with E-state index in [1.54, 1.807) is 0 Å². The molecule has 0 aromatic rings. The first-order chi connectivity index (χ1) is 7.21. The maximum Gasteiger partial charge on any atom is 0.415 e. The van der Waals surface area contributed by atoms with E-state index in [0.29, 0.717) is 0 Å². The third-order valence-corrected chi connectivity index (χ3v) is 3.18. The van der Waals surface area contributed by atoms with Crippen LogP contribution >= 0.6 is 0 Å². The molecule has 0 saturated heterocycles. The van der Waals surface area contributed by atoms with Gasteiger partial charge in [-0.2, -0.15) is 13.2 Å². The number of hydrogen-bond donors (Lipinski definition) is 2. The van der Waals surface area contributed by atoms with E-state index < -0.39 is 18.8 Å². The molecule has 96 valence electrons. The molecule has 16 heavy (non-hydrogen) atoms. The molecule has 1 fully saturated rings. The number of halogens is 3. The molecule has 2 unspecified atom stereocenters. The van der Waals surface area contributed by atoms with Gasteiger partial charge in [0.2, 0.25) is 0 Å². The van der Waals surface area contributed by atoms with Crippen molar-refractivity contribution in [3.05, 3.63) is 0 Å². The van der Waals surface area contributed by atoms with Crippen LogP contribution in [0.4, 0.5) is 13.2 Å². The van der Waals surface area contributed by atoms with E-state index >= 15 is 0 Å². The maximum atomic E-state index is 12.1. The minimum absolute atomic E-state index is 0.0979. The lowest BCUT2D eigenvalue weighted by Gasteiger charge is -2.36. The largest absolute Gasteiger partial charge is 0.415 e. The van der Waals surface area contributed by atoms with Crippen LogP contribution in [0.5, 0.6) is 0 Å². The standard InChI is InChI=1S/C11H20F3NO/c1-10(2)5-3-4-8(6-10)15-7-9(16)11(12,13)14/h8-9,15-16H,3-7H2,1-2H3. The number of aliphatic hydroxyl groups is 1. The lowest BCUT2D eigenvalue weighted by Crippen LogP contribution is -2.45. The Hall–Kier alpha value is -0.290. The van der Waals surface area contributed by atoms with Gasteiger partial charge in [-0.05, 0) is 24.7 Å². The molecular formula is C11H20F3NO. The van der Waals surface area contributed by atoms with Crippen molar-refractivity contribution in [2.24, 2.45) is 5.41 Å². The molecule has 0 heterocycles. The number of nitrogens with one attached hydrogen (secondary N) is 1.